The first kappa shape index (κ1) is 15.7. The number of ether oxygens (including phenoxy) is 1. The van der Waals surface area contributed by atoms with Gasteiger partial charge in [-0.25, -0.2) is 0 Å². The van der Waals surface area contributed by atoms with Gasteiger partial charge in [-0.1, -0.05) is 6.92 Å². The summed E-state index contributed by atoms with van der Waals surface area (Å²) >= 11 is 0. The molecule has 0 aromatic carbocycles. The second kappa shape index (κ2) is 7.38. The van der Waals surface area contributed by atoms with E-state index in [-0.39, 0.29) is 12.1 Å². The van der Waals surface area contributed by atoms with Crippen LogP contribution in [-0.4, -0.2) is 85.2 Å². The van der Waals surface area contributed by atoms with E-state index in [0.717, 1.165) is 19.6 Å². The Labute approximate surface area is 122 Å². The van der Waals surface area contributed by atoms with E-state index in [1.165, 1.54) is 32.6 Å². The van der Waals surface area contributed by atoms with Crippen LogP contribution in [-0.2, 0) is 9.53 Å². The molecule has 116 valence electrons. The van der Waals surface area contributed by atoms with Crippen LogP contribution < -0.4 is 0 Å². The first-order valence-corrected chi connectivity index (χ1v) is 7.96. The number of likely N-dealkylation sites (N-methyl/N-ethyl adjacent to an activating group) is 1. The number of hydrogen-bond acceptors (Lipinski definition) is 5. The molecule has 0 aromatic heterocycles. The molecular formula is C15H29N3O2. The Morgan fingerprint density at radius 3 is 2.45 bits per heavy atom. The maximum atomic E-state index is 11.7. The molecule has 2 aliphatic heterocycles. The van der Waals surface area contributed by atoms with Gasteiger partial charge >= 0.3 is 5.97 Å². The normalized spacial score (nSPS) is 26.3. The first-order chi connectivity index (χ1) is 9.58. The summed E-state index contributed by atoms with van der Waals surface area (Å²) in [5.74, 6) is -0.0866. The zero-order valence-corrected chi connectivity index (χ0v) is 13.2. The Morgan fingerprint density at radius 1 is 1.15 bits per heavy atom. The van der Waals surface area contributed by atoms with E-state index in [0.29, 0.717) is 12.6 Å². The average molecular weight is 283 g/mol. The number of carbonyl (C=O) groups is 1. The van der Waals surface area contributed by atoms with Gasteiger partial charge in [-0.3, -0.25) is 14.6 Å². The average Bonchev–Trinajstić information content (AvgIpc) is 2.86. The Hall–Kier alpha value is -0.650. The van der Waals surface area contributed by atoms with Crippen molar-refractivity contribution in [1.29, 1.82) is 0 Å². The molecule has 0 aromatic rings. The molecule has 0 bridgehead atoms. The van der Waals surface area contributed by atoms with E-state index in [4.69, 9.17) is 4.74 Å². The van der Waals surface area contributed by atoms with Gasteiger partial charge in [0.1, 0.15) is 0 Å². The van der Waals surface area contributed by atoms with Crippen LogP contribution in [0.4, 0.5) is 0 Å². The fraction of sp³-hybridized carbons (Fsp3) is 0.933. The summed E-state index contributed by atoms with van der Waals surface area (Å²) < 4.78 is 5.22. The lowest BCUT2D eigenvalue weighted by Gasteiger charge is -2.37. The lowest BCUT2D eigenvalue weighted by molar-refractivity contribution is -0.148. The molecule has 20 heavy (non-hydrogen) atoms. The number of likely N-dealkylation sites (tertiary alicyclic amines) is 1. The third-order valence-corrected chi connectivity index (χ3v) is 4.34. The van der Waals surface area contributed by atoms with E-state index in [9.17, 15) is 4.79 Å². The maximum Gasteiger partial charge on any atom is 0.320 e. The van der Waals surface area contributed by atoms with Gasteiger partial charge in [0.25, 0.3) is 0 Å². The summed E-state index contributed by atoms with van der Waals surface area (Å²) in [6.07, 6.45) is 1.17. The van der Waals surface area contributed by atoms with Crippen molar-refractivity contribution >= 4 is 5.97 Å². The van der Waals surface area contributed by atoms with E-state index in [2.05, 4.69) is 21.6 Å². The fourth-order valence-corrected chi connectivity index (χ4v) is 3.18. The summed E-state index contributed by atoms with van der Waals surface area (Å²) in [5, 5.41) is 0. The van der Waals surface area contributed by atoms with Crippen LogP contribution in [0, 0.1) is 0 Å². The van der Waals surface area contributed by atoms with Crippen LogP contribution in [0.2, 0.25) is 0 Å². The maximum absolute atomic E-state index is 11.7. The molecule has 0 saturated carbocycles. The van der Waals surface area contributed by atoms with Crippen molar-refractivity contribution in [2.75, 3.05) is 52.4 Å². The van der Waals surface area contributed by atoms with Crippen molar-refractivity contribution in [3.8, 4) is 0 Å². The number of nitrogens with zero attached hydrogens (tertiary/aromatic N) is 3. The summed E-state index contributed by atoms with van der Waals surface area (Å²) in [4.78, 5) is 19.0. The quantitative estimate of drug-likeness (QED) is 0.692. The van der Waals surface area contributed by atoms with Crippen molar-refractivity contribution in [2.45, 2.75) is 39.3 Å². The third kappa shape index (κ3) is 4.43. The summed E-state index contributed by atoms with van der Waals surface area (Å²) in [5.41, 5.74) is 0. The van der Waals surface area contributed by atoms with Crippen LogP contribution >= 0.6 is 0 Å². The Kier molecular flexibility index (Phi) is 5.81. The summed E-state index contributed by atoms with van der Waals surface area (Å²) in [7, 11) is 0. The Balaban J connectivity index is 1.71. The smallest absolute Gasteiger partial charge is 0.320 e. The number of hydrogen-bond donors (Lipinski definition) is 0. The van der Waals surface area contributed by atoms with Crippen LogP contribution in [0.1, 0.15) is 27.2 Å². The number of carbonyl (C=O) groups excluding carboxylic acids is 1. The minimum absolute atomic E-state index is 0.0111. The molecule has 5 nitrogen and oxygen atoms in total. The van der Waals surface area contributed by atoms with E-state index >= 15 is 0 Å². The highest BCUT2D eigenvalue weighted by Crippen LogP contribution is 2.17. The lowest BCUT2D eigenvalue weighted by Crippen LogP contribution is -2.50. The van der Waals surface area contributed by atoms with Crippen molar-refractivity contribution in [2.24, 2.45) is 0 Å². The molecular weight excluding hydrogens is 254 g/mol. The van der Waals surface area contributed by atoms with E-state index in [1.54, 1.807) is 0 Å². The van der Waals surface area contributed by atoms with E-state index < -0.39 is 0 Å². The highest BCUT2D eigenvalue weighted by molar-refractivity contribution is 5.71. The van der Waals surface area contributed by atoms with Crippen LogP contribution in [0.5, 0.6) is 0 Å². The monoisotopic (exact) mass is 283 g/mol. The number of esters is 1. The minimum atomic E-state index is -0.0866. The van der Waals surface area contributed by atoms with Gasteiger partial charge in [0.05, 0.1) is 12.6 Å². The van der Waals surface area contributed by atoms with Crippen LogP contribution in [0.15, 0.2) is 0 Å². The second-order valence-electron chi connectivity index (χ2n) is 6.19. The standard InChI is InChI=1S/C15H29N3O2/c1-4-16-7-9-18(10-8-16)14-5-6-17(11-14)12-15(19)20-13(2)3/h13-14H,4-12H2,1-3H3/t14-/m1/s1. The SMILES string of the molecule is CCN1CCN([C@@H]2CCN(CC(=O)OC(C)C)C2)CC1. The van der Waals surface area contributed by atoms with Gasteiger partial charge < -0.3 is 9.64 Å². The highest BCUT2D eigenvalue weighted by Gasteiger charge is 2.30. The molecule has 2 saturated heterocycles. The van der Waals surface area contributed by atoms with Crippen molar-refractivity contribution in [1.82, 2.24) is 14.7 Å². The molecule has 0 spiro atoms. The molecule has 0 radical (unpaired) electrons. The molecule has 5 heteroatoms. The molecule has 2 heterocycles. The predicted octanol–water partition coefficient (Wildman–Crippen LogP) is 0.650. The van der Waals surface area contributed by atoms with Crippen molar-refractivity contribution in [3.63, 3.8) is 0 Å². The number of piperazine rings is 1. The van der Waals surface area contributed by atoms with Gasteiger partial charge in [-0.2, -0.15) is 0 Å². The molecule has 2 fully saturated rings. The van der Waals surface area contributed by atoms with Gasteiger partial charge in [0.2, 0.25) is 0 Å². The molecule has 2 aliphatic rings. The summed E-state index contributed by atoms with van der Waals surface area (Å²) in [6.45, 7) is 14.4. The molecule has 1 atom stereocenters. The van der Waals surface area contributed by atoms with Gasteiger partial charge in [-0.05, 0) is 26.8 Å². The summed E-state index contributed by atoms with van der Waals surface area (Å²) in [6, 6.07) is 0.626. The van der Waals surface area contributed by atoms with Crippen LogP contribution in [0.3, 0.4) is 0 Å². The predicted molar refractivity (Wildman–Crippen MR) is 79.8 cm³/mol. The molecule has 0 amide bonds. The van der Waals surface area contributed by atoms with Crippen molar-refractivity contribution in [3.05, 3.63) is 0 Å². The molecule has 2 rings (SSSR count). The van der Waals surface area contributed by atoms with Crippen molar-refractivity contribution < 1.29 is 9.53 Å². The minimum Gasteiger partial charge on any atom is -0.462 e. The lowest BCUT2D eigenvalue weighted by atomic mass is 10.2. The Bertz CT molecular complexity index is 314. The topological polar surface area (TPSA) is 36.0 Å². The zero-order chi connectivity index (χ0) is 14.5. The highest BCUT2D eigenvalue weighted by atomic mass is 16.5. The zero-order valence-electron chi connectivity index (χ0n) is 13.2. The third-order valence-electron chi connectivity index (χ3n) is 4.34. The van der Waals surface area contributed by atoms with Gasteiger partial charge in [0.15, 0.2) is 0 Å². The molecule has 0 aliphatic carbocycles. The second-order valence-corrected chi connectivity index (χ2v) is 6.19. The Morgan fingerprint density at radius 2 is 1.85 bits per heavy atom. The van der Waals surface area contributed by atoms with E-state index in [1.807, 2.05) is 13.8 Å². The molecule has 0 N–H and O–H groups in total. The van der Waals surface area contributed by atoms with Gasteiger partial charge in [-0.15, -0.1) is 0 Å². The fourth-order valence-electron chi connectivity index (χ4n) is 3.18. The molecule has 0 unspecified atom stereocenters. The largest absolute Gasteiger partial charge is 0.462 e. The van der Waals surface area contributed by atoms with Gasteiger partial charge in [0, 0.05) is 45.3 Å². The number of rotatable bonds is 5. The first-order valence-electron chi connectivity index (χ1n) is 7.96. The van der Waals surface area contributed by atoms with Crippen LogP contribution in [0.25, 0.3) is 0 Å².